The highest BCUT2D eigenvalue weighted by Crippen LogP contribution is 2.28. The molecule has 1 heterocycles. The maximum Gasteiger partial charge on any atom is 0.0594 e. The Labute approximate surface area is 121 Å². The molecule has 1 aliphatic rings. The molecular formula is C16H24ClNO. The molecule has 0 radical (unpaired) electrons. The average molecular weight is 282 g/mol. The Morgan fingerprint density at radius 1 is 1.16 bits per heavy atom. The molecular weight excluding hydrogens is 258 g/mol. The lowest BCUT2D eigenvalue weighted by Gasteiger charge is -2.42. The number of ether oxygens (including phenoxy) is 1. The molecule has 1 saturated heterocycles. The van der Waals surface area contributed by atoms with Crippen LogP contribution in [0.2, 0.25) is 5.02 Å². The molecule has 0 aliphatic carbocycles. The molecule has 1 atom stereocenters. The van der Waals surface area contributed by atoms with Crippen molar-refractivity contribution in [3.63, 3.8) is 0 Å². The smallest absolute Gasteiger partial charge is 0.0594 e. The molecule has 1 aromatic carbocycles. The van der Waals surface area contributed by atoms with Gasteiger partial charge in [0.2, 0.25) is 0 Å². The summed E-state index contributed by atoms with van der Waals surface area (Å²) in [6.07, 6.45) is 1.07. The Morgan fingerprint density at radius 2 is 1.74 bits per heavy atom. The molecule has 2 rings (SSSR count). The van der Waals surface area contributed by atoms with Gasteiger partial charge < -0.3 is 4.74 Å². The van der Waals surface area contributed by atoms with Crippen LogP contribution in [0.3, 0.4) is 0 Å². The van der Waals surface area contributed by atoms with E-state index in [0.29, 0.717) is 6.04 Å². The van der Waals surface area contributed by atoms with E-state index in [-0.39, 0.29) is 5.41 Å². The fourth-order valence-electron chi connectivity index (χ4n) is 2.72. The standard InChI is InChI=1S/C16H24ClNO/c1-16(2,3)15(18-8-10-19-11-9-18)12-13-4-6-14(17)7-5-13/h4-7,15H,8-12H2,1-3H3. The van der Waals surface area contributed by atoms with Gasteiger partial charge in [-0.25, -0.2) is 0 Å². The summed E-state index contributed by atoms with van der Waals surface area (Å²) in [7, 11) is 0. The van der Waals surface area contributed by atoms with Crippen molar-refractivity contribution < 1.29 is 4.74 Å². The van der Waals surface area contributed by atoms with Crippen LogP contribution in [0.15, 0.2) is 24.3 Å². The third-order valence-corrected chi connectivity index (χ3v) is 4.08. The minimum absolute atomic E-state index is 0.261. The van der Waals surface area contributed by atoms with Crippen LogP contribution in [0.25, 0.3) is 0 Å². The van der Waals surface area contributed by atoms with Crippen molar-refractivity contribution >= 4 is 11.6 Å². The number of halogens is 1. The Kier molecular flexibility index (Phi) is 4.88. The van der Waals surface area contributed by atoms with Crippen molar-refractivity contribution in [2.45, 2.75) is 33.2 Å². The Balaban J connectivity index is 2.11. The highest BCUT2D eigenvalue weighted by Gasteiger charge is 2.31. The molecule has 1 fully saturated rings. The number of benzene rings is 1. The first-order valence-corrected chi connectivity index (χ1v) is 7.41. The number of nitrogens with zero attached hydrogens (tertiary/aromatic N) is 1. The van der Waals surface area contributed by atoms with Crippen molar-refractivity contribution in [1.29, 1.82) is 0 Å². The maximum atomic E-state index is 5.96. The van der Waals surface area contributed by atoms with Crippen LogP contribution in [0.1, 0.15) is 26.3 Å². The molecule has 0 aromatic heterocycles. The summed E-state index contributed by atoms with van der Waals surface area (Å²) in [6, 6.07) is 8.78. The second kappa shape index (κ2) is 6.25. The fraction of sp³-hybridized carbons (Fsp3) is 0.625. The summed E-state index contributed by atoms with van der Waals surface area (Å²) >= 11 is 5.96. The number of hydrogen-bond acceptors (Lipinski definition) is 2. The molecule has 3 heteroatoms. The van der Waals surface area contributed by atoms with E-state index in [1.54, 1.807) is 0 Å². The predicted octanol–water partition coefficient (Wildman–Crippen LogP) is 3.63. The normalized spacial score (nSPS) is 19.4. The van der Waals surface area contributed by atoms with Crippen LogP contribution in [-0.2, 0) is 11.2 Å². The van der Waals surface area contributed by atoms with Gasteiger partial charge in [-0.1, -0.05) is 44.5 Å². The van der Waals surface area contributed by atoms with E-state index in [1.807, 2.05) is 12.1 Å². The third kappa shape index (κ3) is 4.20. The lowest BCUT2D eigenvalue weighted by atomic mass is 9.81. The van der Waals surface area contributed by atoms with E-state index >= 15 is 0 Å². The van der Waals surface area contributed by atoms with Gasteiger partial charge in [0, 0.05) is 24.2 Å². The minimum atomic E-state index is 0.261. The zero-order valence-corrected chi connectivity index (χ0v) is 12.9. The quantitative estimate of drug-likeness (QED) is 0.839. The molecule has 19 heavy (non-hydrogen) atoms. The second-order valence-corrected chi connectivity index (χ2v) is 6.80. The van der Waals surface area contributed by atoms with Gasteiger partial charge >= 0.3 is 0 Å². The number of hydrogen-bond donors (Lipinski definition) is 0. The first-order valence-electron chi connectivity index (χ1n) is 7.03. The highest BCUT2D eigenvalue weighted by molar-refractivity contribution is 6.30. The zero-order valence-electron chi connectivity index (χ0n) is 12.2. The third-order valence-electron chi connectivity index (χ3n) is 3.83. The summed E-state index contributed by atoms with van der Waals surface area (Å²) in [6.45, 7) is 10.8. The van der Waals surface area contributed by atoms with Crippen LogP contribution < -0.4 is 0 Å². The largest absolute Gasteiger partial charge is 0.379 e. The summed E-state index contributed by atoms with van der Waals surface area (Å²) in [4.78, 5) is 2.57. The SMILES string of the molecule is CC(C)(C)C(Cc1ccc(Cl)cc1)N1CCOCC1. The van der Waals surface area contributed by atoms with Crippen LogP contribution in [0.4, 0.5) is 0 Å². The molecule has 1 unspecified atom stereocenters. The van der Waals surface area contributed by atoms with E-state index in [0.717, 1.165) is 37.7 Å². The topological polar surface area (TPSA) is 12.5 Å². The zero-order chi connectivity index (χ0) is 13.9. The van der Waals surface area contributed by atoms with Crippen molar-refractivity contribution in [3.8, 4) is 0 Å². The van der Waals surface area contributed by atoms with Crippen LogP contribution in [-0.4, -0.2) is 37.2 Å². The second-order valence-electron chi connectivity index (χ2n) is 6.36. The Hall–Kier alpha value is -0.570. The summed E-state index contributed by atoms with van der Waals surface area (Å²) in [5.41, 5.74) is 1.62. The lowest BCUT2D eigenvalue weighted by molar-refractivity contribution is -0.0101. The van der Waals surface area contributed by atoms with Crippen molar-refractivity contribution in [2.24, 2.45) is 5.41 Å². The fourth-order valence-corrected chi connectivity index (χ4v) is 2.84. The van der Waals surface area contributed by atoms with Gasteiger partial charge in [-0.3, -0.25) is 4.90 Å². The maximum absolute atomic E-state index is 5.96. The summed E-state index contributed by atoms with van der Waals surface area (Å²) in [5.74, 6) is 0. The van der Waals surface area contributed by atoms with Gasteiger partial charge in [-0.05, 0) is 29.5 Å². The molecule has 0 spiro atoms. The van der Waals surface area contributed by atoms with E-state index < -0.39 is 0 Å². The van der Waals surface area contributed by atoms with Crippen LogP contribution in [0, 0.1) is 5.41 Å². The van der Waals surface area contributed by atoms with Crippen molar-refractivity contribution in [2.75, 3.05) is 26.3 Å². The molecule has 2 nitrogen and oxygen atoms in total. The highest BCUT2D eigenvalue weighted by atomic mass is 35.5. The predicted molar refractivity (Wildman–Crippen MR) is 80.8 cm³/mol. The minimum Gasteiger partial charge on any atom is -0.379 e. The first-order chi connectivity index (χ1) is 8.97. The number of morpholine rings is 1. The van der Waals surface area contributed by atoms with Crippen LogP contribution in [0.5, 0.6) is 0 Å². The lowest BCUT2D eigenvalue weighted by Crippen LogP contribution is -2.50. The number of rotatable bonds is 3. The molecule has 0 saturated carbocycles. The van der Waals surface area contributed by atoms with Crippen molar-refractivity contribution in [1.82, 2.24) is 4.90 Å². The average Bonchev–Trinajstić information content (AvgIpc) is 2.37. The molecule has 106 valence electrons. The monoisotopic (exact) mass is 281 g/mol. The van der Waals surface area contributed by atoms with E-state index in [9.17, 15) is 0 Å². The summed E-state index contributed by atoms with van der Waals surface area (Å²) < 4.78 is 5.47. The Bertz CT molecular complexity index is 390. The molecule has 0 bridgehead atoms. The van der Waals surface area contributed by atoms with Gasteiger partial charge in [0.25, 0.3) is 0 Å². The first kappa shape index (κ1) is 14.8. The van der Waals surface area contributed by atoms with E-state index in [1.165, 1.54) is 5.56 Å². The van der Waals surface area contributed by atoms with Gasteiger partial charge in [-0.15, -0.1) is 0 Å². The van der Waals surface area contributed by atoms with Gasteiger partial charge in [0.1, 0.15) is 0 Å². The summed E-state index contributed by atoms with van der Waals surface area (Å²) in [5, 5.41) is 0.808. The molecule has 0 N–H and O–H groups in total. The van der Waals surface area contributed by atoms with Crippen molar-refractivity contribution in [3.05, 3.63) is 34.9 Å². The molecule has 0 amide bonds. The van der Waals surface area contributed by atoms with Gasteiger partial charge in [-0.2, -0.15) is 0 Å². The van der Waals surface area contributed by atoms with Crippen LogP contribution >= 0.6 is 11.6 Å². The van der Waals surface area contributed by atoms with Gasteiger partial charge in [0.15, 0.2) is 0 Å². The Morgan fingerprint density at radius 3 is 2.26 bits per heavy atom. The van der Waals surface area contributed by atoms with E-state index in [2.05, 4.69) is 37.8 Å². The molecule has 1 aliphatic heterocycles. The van der Waals surface area contributed by atoms with E-state index in [4.69, 9.17) is 16.3 Å². The molecule has 1 aromatic rings. The van der Waals surface area contributed by atoms with Gasteiger partial charge in [0.05, 0.1) is 13.2 Å².